The van der Waals surface area contributed by atoms with Crippen molar-refractivity contribution in [2.75, 3.05) is 5.32 Å². The van der Waals surface area contributed by atoms with Crippen LogP contribution in [0.1, 0.15) is 52.6 Å². The Morgan fingerprint density at radius 3 is 2.78 bits per heavy atom. The second-order valence-corrected chi connectivity index (χ2v) is 6.52. The molecule has 116 valence electrons. The molecule has 23 heavy (non-hydrogen) atoms. The molecule has 1 aromatic carbocycles. The lowest BCUT2D eigenvalue weighted by atomic mass is 9.89. The number of halogens is 1. The standard InChI is InChI=1S/C17H14ClN3O2/c18-11-2-1-3-12(7-11)20-16-15-10-5-4-9(6-10)14(15)13(8-19-16)17(22)21-23/h1-3,7-10H,4-6H2,(H,19,20). The molecule has 0 radical (unpaired) electrons. The van der Waals surface area contributed by atoms with E-state index in [1.165, 1.54) is 6.20 Å². The van der Waals surface area contributed by atoms with Gasteiger partial charge in [-0.1, -0.05) is 17.7 Å². The molecule has 1 saturated carbocycles. The number of carbonyl (C=O) groups excluding carboxylic acids is 1. The zero-order chi connectivity index (χ0) is 16.0. The Morgan fingerprint density at radius 1 is 1.26 bits per heavy atom. The molecule has 0 aliphatic heterocycles. The maximum atomic E-state index is 11.8. The van der Waals surface area contributed by atoms with E-state index in [4.69, 9.17) is 11.6 Å². The van der Waals surface area contributed by atoms with E-state index in [-0.39, 0.29) is 0 Å². The van der Waals surface area contributed by atoms with Gasteiger partial charge in [0.1, 0.15) is 5.82 Å². The van der Waals surface area contributed by atoms with E-state index >= 15 is 0 Å². The summed E-state index contributed by atoms with van der Waals surface area (Å²) in [5, 5.41) is 6.52. The summed E-state index contributed by atoms with van der Waals surface area (Å²) in [5.74, 6) is 0.745. The van der Waals surface area contributed by atoms with Gasteiger partial charge in [0.05, 0.1) is 5.56 Å². The Balaban J connectivity index is 1.80. The summed E-state index contributed by atoms with van der Waals surface area (Å²) in [6, 6.07) is 7.42. The summed E-state index contributed by atoms with van der Waals surface area (Å²) in [5.41, 5.74) is 3.24. The number of aromatic nitrogens is 1. The first-order valence-corrected chi connectivity index (χ1v) is 7.98. The summed E-state index contributed by atoms with van der Waals surface area (Å²) >= 11 is 6.02. The van der Waals surface area contributed by atoms with Crippen molar-refractivity contribution in [2.24, 2.45) is 5.18 Å². The highest BCUT2D eigenvalue weighted by molar-refractivity contribution is 6.30. The van der Waals surface area contributed by atoms with Gasteiger partial charge in [-0.05, 0) is 54.9 Å². The molecular formula is C17H14ClN3O2. The molecule has 2 atom stereocenters. The van der Waals surface area contributed by atoms with Crippen LogP contribution in [0.2, 0.25) is 5.02 Å². The number of hydrogen-bond acceptors (Lipinski definition) is 4. The summed E-state index contributed by atoms with van der Waals surface area (Å²) in [6.45, 7) is 0. The maximum Gasteiger partial charge on any atom is 0.318 e. The van der Waals surface area contributed by atoms with Gasteiger partial charge >= 0.3 is 5.91 Å². The number of anilines is 2. The van der Waals surface area contributed by atoms with Crippen LogP contribution in [0.4, 0.5) is 11.5 Å². The minimum atomic E-state index is -0.726. The minimum absolute atomic E-state index is 0.332. The average Bonchev–Trinajstić information content (AvgIpc) is 3.17. The van der Waals surface area contributed by atoms with Crippen molar-refractivity contribution in [1.82, 2.24) is 4.98 Å². The van der Waals surface area contributed by atoms with Crippen LogP contribution in [0.5, 0.6) is 0 Å². The molecule has 2 bridgehead atoms. The minimum Gasteiger partial charge on any atom is -0.340 e. The third kappa shape index (κ3) is 2.32. The van der Waals surface area contributed by atoms with Gasteiger partial charge in [0.2, 0.25) is 0 Å². The molecule has 1 heterocycles. The number of carbonyl (C=O) groups is 1. The fourth-order valence-electron chi connectivity index (χ4n) is 3.92. The number of benzene rings is 1. The van der Waals surface area contributed by atoms with Crippen molar-refractivity contribution >= 4 is 29.0 Å². The SMILES string of the molecule is O=NC(=O)c1cnc(Nc2cccc(Cl)c2)c2c1C1CCC2C1. The smallest absolute Gasteiger partial charge is 0.318 e. The third-order valence-corrected chi connectivity index (χ3v) is 5.04. The van der Waals surface area contributed by atoms with Crippen LogP contribution in [0.3, 0.4) is 0 Å². The number of fused-ring (bicyclic) bond motifs is 5. The van der Waals surface area contributed by atoms with E-state index < -0.39 is 5.91 Å². The topological polar surface area (TPSA) is 71.4 Å². The Labute approximate surface area is 138 Å². The highest BCUT2D eigenvalue weighted by Crippen LogP contribution is 2.56. The first kappa shape index (κ1) is 14.3. The Morgan fingerprint density at radius 2 is 2.04 bits per heavy atom. The number of rotatable bonds is 3. The molecule has 2 aliphatic carbocycles. The molecule has 1 N–H and O–H groups in total. The fraction of sp³-hybridized carbons (Fsp3) is 0.294. The molecule has 5 nitrogen and oxygen atoms in total. The van der Waals surface area contributed by atoms with Gasteiger partial charge in [-0.3, -0.25) is 4.79 Å². The third-order valence-electron chi connectivity index (χ3n) is 4.81. The van der Waals surface area contributed by atoms with Gasteiger partial charge in [0.15, 0.2) is 0 Å². The number of hydrogen-bond donors (Lipinski definition) is 1. The van der Waals surface area contributed by atoms with Gasteiger partial charge in [-0.15, -0.1) is 4.91 Å². The van der Waals surface area contributed by atoms with Gasteiger partial charge in [-0.25, -0.2) is 4.98 Å². The Hall–Kier alpha value is -2.27. The molecule has 2 unspecified atom stereocenters. The van der Waals surface area contributed by atoms with E-state index in [1.807, 2.05) is 24.3 Å². The van der Waals surface area contributed by atoms with Crippen molar-refractivity contribution in [2.45, 2.75) is 31.1 Å². The summed E-state index contributed by atoms with van der Waals surface area (Å²) in [4.78, 5) is 26.9. The predicted molar refractivity (Wildman–Crippen MR) is 88.4 cm³/mol. The van der Waals surface area contributed by atoms with E-state index in [0.29, 0.717) is 22.4 Å². The van der Waals surface area contributed by atoms with Crippen LogP contribution >= 0.6 is 11.6 Å². The van der Waals surface area contributed by atoms with Gasteiger partial charge in [0.25, 0.3) is 0 Å². The van der Waals surface area contributed by atoms with E-state index in [1.54, 1.807) is 0 Å². The van der Waals surface area contributed by atoms with Gasteiger partial charge in [0, 0.05) is 27.6 Å². The normalized spacial score (nSPS) is 21.1. The second kappa shape index (κ2) is 5.42. The number of nitroso groups, excluding NO2 is 1. The summed E-state index contributed by atoms with van der Waals surface area (Å²) in [6.07, 6.45) is 4.63. The predicted octanol–water partition coefficient (Wildman–Crippen LogP) is 4.75. The maximum absolute atomic E-state index is 11.8. The Bertz CT molecular complexity index is 821. The lowest BCUT2D eigenvalue weighted by Crippen LogP contribution is -2.11. The zero-order valence-corrected chi connectivity index (χ0v) is 13.0. The van der Waals surface area contributed by atoms with E-state index in [9.17, 15) is 9.70 Å². The van der Waals surface area contributed by atoms with Crippen LogP contribution in [0.15, 0.2) is 35.6 Å². The van der Waals surface area contributed by atoms with Crippen molar-refractivity contribution in [3.8, 4) is 0 Å². The van der Waals surface area contributed by atoms with Crippen molar-refractivity contribution < 1.29 is 4.79 Å². The molecule has 0 saturated heterocycles. The number of amides is 1. The van der Waals surface area contributed by atoms with E-state index in [2.05, 4.69) is 15.5 Å². The highest BCUT2D eigenvalue weighted by atomic mass is 35.5. The molecule has 6 heteroatoms. The molecule has 1 fully saturated rings. The fourth-order valence-corrected chi connectivity index (χ4v) is 4.11. The first-order valence-electron chi connectivity index (χ1n) is 7.60. The number of nitrogens with one attached hydrogen (secondary N) is 1. The molecule has 1 aromatic heterocycles. The lowest BCUT2D eigenvalue weighted by Gasteiger charge is -2.20. The second-order valence-electron chi connectivity index (χ2n) is 6.09. The quantitative estimate of drug-likeness (QED) is 0.826. The van der Waals surface area contributed by atoms with Crippen LogP contribution in [-0.2, 0) is 0 Å². The van der Waals surface area contributed by atoms with Gasteiger partial charge in [-0.2, -0.15) is 0 Å². The van der Waals surface area contributed by atoms with Gasteiger partial charge < -0.3 is 5.32 Å². The lowest BCUT2D eigenvalue weighted by molar-refractivity contribution is 0.0999. The number of pyridine rings is 1. The van der Waals surface area contributed by atoms with Crippen LogP contribution in [-0.4, -0.2) is 10.9 Å². The summed E-state index contributed by atoms with van der Waals surface area (Å²) in [7, 11) is 0. The summed E-state index contributed by atoms with van der Waals surface area (Å²) < 4.78 is 0. The molecule has 1 amide bonds. The highest BCUT2D eigenvalue weighted by Gasteiger charge is 2.42. The monoisotopic (exact) mass is 327 g/mol. The molecule has 2 aromatic rings. The van der Waals surface area contributed by atoms with Crippen molar-refractivity contribution in [3.05, 3.63) is 57.1 Å². The van der Waals surface area contributed by atoms with Crippen LogP contribution in [0, 0.1) is 4.91 Å². The molecule has 2 aliphatic rings. The van der Waals surface area contributed by atoms with Crippen molar-refractivity contribution in [3.63, 3.8) is 0 Å². The molecule has 4 rings (SSSR count). The zero-order valence-electron chi connectivity index (χ0n) is 12.3. The first-order chi connectivity index (χ1) is 11.2. The molecule has 0 spiro atoms. The van der Waals surface area contributed by atoms with Crippen LogP contribution < -0.4 is 5.32 Å². The average molecular weight is 328 g/mol. The van der Waals surface area contributed by atoms with E-state index in [0.717, 1.165) is 41.9 Å². The molecular weight excluding hydrogens is 314 g/mol. The van der Waals surface area contributed by atoms with Crippen molar-refractivity contribution in [1.29, 1.82) is 0 Å². The van der Waals surface area contributed by atoms with Crippen LogP contribution in [0.25, 0.3) is 0 Å². The Kier molecular flexibility index (Phi) is 3.38. The number of nitrogens with zero attached hydrogens (tertiary/aromatic N) is 2. The largest absolute Gasteiger partial charge is 0.340 e.